The van der Waals surface area contributed by atoms with E-state index in [1.165, 1.54) is 77.0 Å². The first-order valence-electron chi connectivity index (χ1n) is 18.6. The van der Waals surface area contributed by atoms with E-state index in [9.17, 15) is 29.1 Å². The highest BCUT2D eigenvalue weighted by Gasteiger charge is 2.29. The van der Waals surface area contributed by atoms with Gasteiger partial charge in [-0.25, -0.2) is 4.79 Å². The molecular formula is C37H66N2O8. The Morgan fingerprint density at radius 2 is 1.11 bits per heavy atom. The lowest BCUT2D eigenvalue weighted by Crippen LogP contribution is -2.45. The van der Waals surface area contributed by atoms with E-state index in [0.717, 1.165) is 38.5 Å². The van der Waals surface area contributed by atoms with Crippen molar-refractivity contribution >= 4 is 29.7 Å². The van der Waals surface area contributed by atoms with Crippen molar-refractivity contribution in [3.63, 3.8) is 0 Å². The van der Waals surface area contributed by atoms with Crippen LogP contribution in [0.1, 0.15) is 175 Å². The van der Waals surface area contributed by atoms with E-state index >= 15 is 0 Å². The highest BCUT2D eigenvalue weighted by molar-refractivity contribution is 5.85. The number of hydrogen-bond donors (Lipinski definition) is 4. The van der Waals surface area contributed by atoms with Crippen molar-refractivity contribution in [3.8, 4) is 0 Å². The van der Waals surface area contributed by atoms with Gasteiger partial charge in [-0.15, -0.1) is 0 Å². The van der Waals surface area contributed by atoms with Gasteiger partial charge in [-0.3, -0.25) is 19.2 Å². The fraction of sp³-hybridized carbons (Fsp3) is 0.865. The average Bonchev–Trinajstić information content (AvgIpc) is 3.00. The molecule has 0 bridgehead atoms. The molecule has 0 radical (unpaired) electrons. The second-order valence-corrected chi connectivity index (χ2v) is 14.6. The van der Waals surface area contributed by atoms with Gasteiger partial charge in [0.05, 0.1) is 0 Å². The second-order valence-electron chi connectivity index (χ2n) is 14.6. The zero-order valence-corrected chi connectivity index (χ0v) is 29.8. The van der Waals surface area contributed by atoms with Gasteiger partial charge in [0.25, 0.3) is 0 Å². The SMILES string of the molecule is CC(C)(C)OC(=O)CCCCCCCCCCCCCCCCCCC(=O)NCC1CCC(C(=O)NC(CCC(=O)O)C(=O)O)CC1. The highest BCUT2D eigenvalue weighted by atomic mass is 16.6. The number of carboxylic acids is 2. The summed E-state index contributed by atoms with van der Waals surface area (Å²) in [5.41, 5.74) is -0.384. The molecule has 0 heterocycles. The summed E-state index contributed by atoms with van der Waals surface area (Å²) in [7, 11) is 0. The van der Waals surface area contributed by atoms with Gasteiger partial charge in [0.15, 0.2) is 0 Å². The highest BCUT2D eigenvalue weighted by Crippen LogP contribution is 2.29. The predicted molar refractivity (Wildman–Crippen MR) is 184 cm³/mol. The molecule has 10 heteroatoms. The van der Waals surface area contributed by atoms with Crippen LogP contribution in [0.3, 0.4) is 0 Å². The smallest absolute Gasteiger partial charge is 0.326 e. The van der Waals surface area contributed by atoms with Crippen LogP contribution in [0.5, 0.6) is 0 Å². The first kappa shape index (κ1) is 42.4. The zero-order valence-electron chi connectivity index (χ0n) is 29.8. The number of hydrogen-bond acceptors (Lipinski definition) is 6. The minimum Gasteiger partial charge on any atom is -0.481 e. The predicted octanol–water partition coefficient (Wildman–Crippen LogP) is 7.71. The maximum absolute atomic E-state index is 12.5. The molecule has 0 aromatic heterocycles. The maximum Gasteiger partial charge on any atom is 0.326 e. The number of rotatable bonds is 27. The van der Waals surface area contributed by atoms with Gasteiger partial charge in [0, 0.05) is 31.7 Å². The lowest BCUT2D eigenvalue weighted by Gasteiger charge is -2.28. The van der Waals surface area contributed by atoms with Gasteiger partial charge < -0.3 is 25.6 Å². The number of ether oxygens (including phenoxy) is 1. The van der Waals surface area contributed by atoms with E-state index in [4.69, 9.17) is 9.84 Å². The molecule has 1 rings (SSSR count). The van der Waals surface area contributed by atoms with Crippen LogP contribution in [0.15, 0.2) is 0 Å². The van der Waals surface area contributed by atoms with Crippen molar-refractivity contribution in [1.82, 2.24) is 10.6 Å². The summed E-state index contributed by atoms with van der Waals surface area (Å²) in [6, 6.07) is -1.19. The van der Waals surface area contributed by atoms with Gasteiger partial charge in [-0.2, -0.15) is 0 Å². The fourth-order valence-corrected chi connectivity index (χ4v) is 6.21. The van der Waals surface area contributed by atoms with Crippen LogP contribution in [0.4, 0.5) is 0 Å². The van der Waals surface area contributed by atoms with Gasteiger partial charge in [0.2, 0.25) is 11.8 Å². The Hall–Kier alpha value is -2.65. The molecule has 0 aliphatic heterocycles. The lowest BCUT2D eigenvalue weighted by molar-refractivity contribution is -0.155. The average molecular weight is 667 g/mol. The van der Waals surface area contributed by atoms with Crippen LogP contribution in [-0.2, 0) is 28.7 Å². The first-order chi connectivity index (χ1) is 22.4. The number of carbonyl (C=O) groups excluding carboxylic acids is 3. The zero-order chi connectivity index (χ0) is 34.9. The fourth-order valence-electron chi connectivity index (χ4n) is 6.21. The van der Waals surface area contributed by atoms with Crippen LogP contribution in [0.25, 0.3) is 0 Å². The Bertz CT molecular complexity index is 909. The van der Waals surface area contributed by atoms with Crippen molar-refractivity contribution < 1.29 is 38.9 Å². The summed E-state index contributed by atoms with van der Waals surface area (Å²) < 4.78 is 5.34. The molecule has 1 aliphatic rings. The van der Waals surface area contributed by atoms with Crippen LogP contribution in [0.2, 0.25) is 0 Å². The van der Waals surface area contributed by atoms with Crippen molar-refractivity contribution in [3.05, 3.63) is 0 Å². The number of amides is 2. The summed E-state index contributed by atoms with van der Waals surface area (Å²) in [4.78, 5) is 58.6. The molecule has 1 unspecified atom stereocenters. The van der Waals surface area contributed by atoms with Crippen LogP contribution < -0.4 is 10.6 Å². The number of esters is 1. The first-order valence-corrected chi connectivity index (χ1v) is 18.6. The van der Waals surface area contributed by atoms with Gasteiger partial charge in [-0.1, -0.05) is 89.9 Å². The maximum atomic E-state index is 12.5. The van der Waals surface area contributed by atoms with E-state index in [1.54, 1.807) is 0 Å². The van der Waals surface area contributed by atoms with Crippen molar-refractivity contribution in [2.75, 3.05) is 6.54 Å². The number of aliphatic carboxylic acids is 2. The van der Waals surface area contributed by atoms with Crippen molar-refractivity contribution in [1.29, 1.82) is 0 Å². The summed E-state index contributed by atoms with van der Waals surface area (Å²) in [5.74, 6) is -2.58. The minimum atomic E-state index is -1.22. The Balaban J connectivity index is 1.90. The minimum absolute atomic E-state index is 0.0797. The molecule has 4 N–H and O–H groups in total. The molecule has 1 fully saturated rings. The number of carbonyl (C=O) groups is 5. The summed E-state index contributed by atoms with van der Waals surface area (Å²) in [6.45, 7) is 6.34. The molecule has 0 aromatic rings. The van der Waals surface area contributed by atoms with E-state index in [0.29, 0.717) is 38.1 Å². The third-order valence-corrected chi connectivity index (χ3v) is 9.02. The van der Waals surface area contributed by atoms with Gasteiger partial charge in [0.1, 0.15) is 11.6 Å². The number of unbranched alkanes of at least 4 members (excludes halogenated alkanes) is 15. The Labute approximate surface area is 283 Å². The molecule has 47 heavy (non-hydrogen) atoms. The molecule has 2 amide bonds. The Kier molecular flexibility index (Phi) is 22.9. The van der Waals surface area contributed by atoms with E-state index < -0.39 is 18.0 Å². The summed E-state index contributed by atoms with van der Waals surface area (Å²) in [6.07, 6.45) is 22.9. The number of carboxylic acid groups (broad SMARTS) is 2. The normalized spacial score (nSPS) is 17.1. The van der Waals surface area contributed by atoms with Crippen molar-refractivity contribution in [2.45, 2.75) is 187 Å². The Morgan fingerprint density at radius 1 is 0.660 bits per heavy atom. The van der Waals surface area contributed by atoms with E-state index in [2.05, 4.69) is 10.6 Å². The molecule has 10 nitrogen and oxygen atoms in total. The third kappa shape index (κ3) is 24.2. The van der Waals surface area contributed by atoms with Crippen molar-refractivity contribution in [2.24, 2.45) is 11.8 Å². The van der Waals surface area contributed by atoms with E-state index in [-0.39, 0.29) is 42.1 Å². The van der Waals surface area contributed by atoms with Crippen LogP contribution in [-0.4, -0.2) is 58.1 Å². The standard InChI is InChI=1S/C37H66N2O8/c1-37(2,3)47-34(43)21-19-17-15-13-11-9-7-5-4-6-8-10-12-14-16-18-20-32(40)38-28-29-22-24-30(25-23-29)35(44)39-31(36(45)46)26-27-33(41)42/h29-31H,4-28H2,1-3H3,(H,38,40)(H,39,44)(H,41,42)(H,45,46). The largest absolute Gasteiger partial charge is 0.481 e. The van der Waals surface area contributed by atoms with Gasteiger partial charge in [-0.05, 0) is 71.6 Å². The quantitative estimate of drug-likeness (QED) is 0.0513. The Morgan fingerprint density at radius 3 is 1.53 bits per heavy atom. The van der Waals surface area contributed by atoms with E-state index in [1.807, 2.05) is 20.8 Å². The molecule has 0 aromatic carbocycles. The lowest BCUT2D eigenvalue weighted by atomic mass is 9.81. The molecule has 272 valence electrons. The monoisotopic (exact) mass is 666 g/mol. The number of nitrogens with one attached hydrogen (secondary N) is 2. The third-order valence-electron chi connectivity index (χ3n) is 9.02. The molecule has 1 saturated carbocycles. The summed E-state index contributed by atoms with van der Waals surface area (Å²) in [5, 5.41) is 23.6. The van der Waals surface area contributed by atoms with Gasteiger partial charge >= 0.3 is 17.9 Å². The summed E-state index contributed by atoms with van der Waals surface area (Å²) >= 11 is 0. The second kappa shape index (κ2) is 25.4. The van der Waals surface area contributed by atoms with Crippen LogP contribution in [0, 0.1) is 11.8 Å². The molecule has 1 aliphatic carbocycles. The molecular weight excluding hydrogens is 600 g/mol. The molecule has 0 saturated heterocycles. The molecule has 0 spiro atoms. The topological polar surface area (TPSA) is 159 Å². The van der Waals surface area contributed by atoms with Crippen LogP contribution >= 0.6 is 0 Å². The molecule has 1 atom stereocenters.